The number of nitrogens with zero attached hydrogens (tertiary/aromatic N) is 3. The van der Waals surface area contributed by atoms with Crippen molar-refractivity contribution in [1.29, 1.82) is 0 Å². The number of rotatable bonds is 5. The third-order valence-corrected chi connectivity index (χ3v) is 3.15. The van der Waals surface area contributed by atoms with Gasteiger partial charge in [-0.25, -0.2) is 4.79 Å². The van der Waals surface area contributed by atoms with Crippen LogP contribution in [0.2, 0.25) is 0 Å². The number of aromatic carboxylic acids is 1. The van der Waals surface area contributed by atoms with Crippen LogP contribution in [0, 0.1) is 5.92 Å². The third kappa shape index (κ3) is 3.27. The van der Waals surface area contributed by atoms with Gasteiger partial charge in [0.1, 0.15) is 0 Å². The van der Waals surface area contributed by atoms with Crippen LogP contribution in [0.15, 0.2) is 6.20 Å². The van der Waals surface area contributed by atoms with Crippen LogP contribution in [0.25, 0.3) is 0 Å². The number of ether oxygens (including phenoxy) is 1. The highest BCUT2D eigenvalue weighted by Crippen LogP contribution is 2.13. The molecule has 0 bridgehead atoms. The zero-order valence-electron chi connectivity index (χ0n) is 10.4. The summed E-state index contributed by atoms with van der Waals surface area (Å²) in [7, 11) is 0. The second-order valence-electron chi connectivity index (χ2n) is 4.57. The number of carboxylic acids is 1. The SMILES string of the molecule is CC1COCCC1NCCn1cc(C(=O)O)nn1. The van der Waals surface area contributed by atoms with E-state index < -0.39 is 5.97 Å². The van der Waals surface area contributed by atoms with Crippen LogP contribution in [0.5, 0.6) is 0 Å². The maximum atomic E-state index is 10.6. The van der Waals surface area contributed by atoms with Gasteiger partial charge in [0.15, 0.2) is 5.69 Å². The van der Waals surface area contributed by atoms with Crippen molar-refractivity contribution in [2.75, 3.05) is 19.8 Å². The van der Waals surface area contributed by atoms with Crippen molar-refractivity contribution >= 4 is 5.97 Å². The van der Waals surface area contributed by atoms with Crippen molar-refractivity contribution in [2.24, 2.45) is 5.92 Å². The van der Waals surface area contributed by atoms with Gasteiger partial charge in [-0.05, 0) is 12.3 Å². The fourth-order valence-corrected chi connectivity index (χ4v) is 2.05. The Balaban J connectivity index is 1.75. The molecule has 2 unspecified atom stereocenters. The van der Waals surface area contributed by atoms with E-state index in [1.165, 1.54) is 6.20 Å². The highest BCUT2D eigenvalue weighted by Gasteiger charge is 2.20. The Hall–Kier alpha value is -1.47. The van der Waals surface area contributed by atoms with Gasteiger partial charge in [-0.1, -0.05) is 12.1 Å². The van der Waals surface area contributed by atoms with E-state index in [1.54, 1.807) is 4.68 Å². The fraction of sp³-hybridized carbons (Fsp3) is 0.727. The van der Waals surface area contributed by atoms with Gasteiger partial charge in [-0.15, -0.1) is 5.10 Å². The van der Waals surface area contributed by atoms with Gasteiger partial charge in [0.25, 0.3) is 0 Å². The molecule has 0 amide bonds. The Labute approximate surface area is 105 Å². The van der Waals surface area contributed by atoms with E-state index in [-0.39, 0.29) is 5.69 Å². The van der Waals surface area contributed by atoms with Gasteiger partial charge in [-0.2, -0.15) is 0 Å². The summed E-state index contributed by atoms with van der Waals surface area (Å²) in [6, 6.07) is 0.459. The lowest BCUT2D eigenvalue weighted by molar-refractivity contribution is 0.0389. The van der Waals surface area contributed by atoms with E-state index in [0.29, 0.717) is 18.5 Å². The molecule has 1 saturated heterocycles. The Kier molecular flexibility index (Phi) is 4.27. The van der Waals surface area contributed by atoms with Crippen molar-refractivity contribution in [2.45, 2.75) is 25.9 Å². The predicted molar refractivity (Wildman–Crippen MR) is 63.4 cm³/mol. The first-order chi connectivity index (χ1) is 8.66. The summed E-state index contributed by atoms with van der Waals surface area (Å²) >= 11 is 0. The molecule has 0 aliphatic carbocycles. The molecular formula is C11H18N4O3. The van der Waals surface area contributed by atoms with Gasteiger partial charge < -0.3 is 15.2 Å². The van der Waals surface area contributed by atoms with E-state index in [2.05, 4.69) is 22.6 Å². The van der Waals surface area contributed by atoms with Crippen molar-refractivity contribution in [1.82, 2.24) is 20.3 Å². The van der Waals surface area contributed by atoms with Gasteiger partial charge >= 0.3 is 5.97 Å². The van der Waals surface area contributed by atoms with E-state index >= 15 is 0 Å². The van der Waals surface area contributed by atoms with Crippen molar-refractivity contribution in [3.05, 3.63) is 11.9 Å². The second-order valence-corrected chi connectivity index (χ2v) is 4.57. The first kappa shape index (κ1) is 13.0. The molecule has 1 aliphatic rings. The Morgan fingerprint density at radius 3 is 3.22 bits per heavy atom. The number of carbonyl (C=O) groups is 1. The van der Waals surface area contributed by atoms with Crippen LogP contribution in [-0.4, -0.2) is 51.9 Å². The third-order valence-electron chi connectivity index (χ3n) is 3.15. The Morgan fingerprint density at radius 1 is 1.72 bits per heavy atom. The van der Waals surface area contributed by atoms with E-state index in [4.69, 9.17) is 9.84 Å². The lowest BCUT2D eigenvalue weighted by Gasteiger charge is -2.29. The summed E-state index contributed by atoms with van der Waals surface area (Å²) in [6.45, 7) is 5.12. The van der Waals surface area contributed by atoms with Crippen LogP contribution in [-0.2, 0) is 11.3 Å². The summed E-state index contributed by atoms with van der Waals surface area (Å²) in [5, 5.41) is 19.5. The molecule has 2 heterocycles. The van der Waals surface area contributed by atoms with Crippen LogP contribution in [0.4, 0.5) is 0 Å². The minimum absolute atomic E-state index is 0.0190. The molecule has 0 spiro atoms. The molecule has 18 heavy (non-hydrogen) atoms. The largest absolute Gasteiger partial charge is 0.476 e. The normalized spacial score (nSPS) is 24.1. The van der Waals surface area contributed by atoms with Crippen molar-refractivity contribution in [3.8, 4) is 0 Å². The monoisotopic (exact) mass is 254 g/mol. The maximum Gasteiger partial charge on any atom is 0.358 e. The molecule has 1 aromatic rings. The lowest BCUT2D eigenvalue weighted by atomic mass is 9.98. The number of nitrogens with one attached hydrogen (secondary N) is 1. The van der Waals surface area contributed by atoms with E-state index in [0.717, 1.165) is 26.2 Å². The van der Waals surface area contributed by atoms with Crippen LogP contribution in [0.3, 0.4) is 0 Å². The van der Waals surface area contributed by atoms with Crippen molar-refractivity contribution in [3.63, 3.8) is 0 Å². The highest BCUT2D eigenvalue weighted by atomic mass is 16.5. The fourth-order valence-electron chi connectivity index (χ4n) is 2.05. The average molecular weight is 254 g/mol. The van der Waals surface area contributed by atoms with Crippen molar-refractivity contribution < 1.29 is 14.6 Å². The molecular weight excluding hydrogens is 236 g/mol. The molecule has 7 nitrogen and oxygen atoms in total. The molecule has 0 radical (unpaired) electrons. The number of hydrogen-bond acceptors (Lipinski definition) is 5. The predicted octanol–water partition coefficient (Wildman–Crippen LogP) is -0.00910. The zero-order chi connectivity index (χ0) is 13.0. The quantitative estimate of drug-likeness (QED) is 0.768. The van der Waals surface area contributed by atoms with Crippen LogP contribution in [0.1, 0.15) is 23.8 Å². The summed E-state index contributed by atoms with van der Waals surface area (Å²) < 4.78 is 6.92. The summed E-state index contributed by atoms with van der Waals surface area (Å²) in [5.74, 6) is -0.545. The van der Waals surface area contributed by atoms with E-state index in [9.17, 15) is 4.79 Å². The first-order valence-electron chi connectivity index (χ1n) is 6.11. The summed E-state index contributed by atoms with van der Waals surface area (Å²) in [5.41, 5.74) is -0.0190. The first-order valence-corrected chi connectivity index (χ1v) is 6.11. The number of hydrogen-bond donors (Lipinski definition) is 2. The lowest BCUT2D eigenvalue weighted by Crippen LogP contribution is -2.42. The second kappa shape index (κ2) is 5.92. The zero-order valence-corrected chi connectivity index (χ0v) is 10.4. The summed E-state index contributed by atoms with van der Waals surface area (Å²) in [6.07, 6.45) is 2.45. The molecule has 1 fully saturated rings. The molecule has 0 aromatic carbocycles. The molecule has 100 valence electrons. The van der Waals surface area contributed by atoms with E-state index in [1.807, 2.05) is 0 Å². The summed E-state index contributed by atoms with van der Waals surface area (Å²) in [4.78, 5) is 10.6. The highest BCUT2D eigenvalue weighted by molar-refractivity contribution is 5.84. The van der Waals surface area contributed by atoms with Crippen LogP contribution < -0.4 is 5.32 Å². The molecule has 1 aliphatic heterocycles. The molecule has 1 aromatic heterocycles. The molecule has 2 atom stereocenters. The molecule has 2 N–H and O–H groups in total. The molecule has 0 saturated carbocycles. The number of aromatic nitrogens is 3. The van der Waals surface area contributed by atoms with Crippen LogP contribution >= 0.6 is 0 Å². The molecule has 2 rings (SSSR count). The van der Waals surface area contributed by atoms with Gasteiger partial charge in [-0.3, -0.25) is 4.68 Å². The average Bonchev–Trinajstić information content (AvgIpc) is 2.80. The maximum absolute atomic E-state index is 10.6. The standard InChI is InChI=1S/C11H18N4O3/c1-8-7-18-5-2-9(8)12-3-4-15-6-10(11(16)17)13-14-15/h6,8-9,12H,2-5,7H2,1H3,(H,16,17). The van der Waals surface area contributed by atoms with Gasteiger partial charge in [0.05, 0.1) is 19.3 Å². The Morgan fingerprint density at radius 2 is 2.56 bits per heavy atom. The van der Waals surface area contributed by atoms with Gasteiger partial charge in [0.2, 0.25) is 0 Å². The minimum atomic E-state index is -1.05. The topological polar surface area (TPSA) is 89.3 Å². The molecule has 7 heteroatoms. The smallest absolute Gasteiger partial charge is 0.358 e. The Bertz CT molecular complexity index is 407. The minimum Gasteiger partial charge on any atom is -0.476 e. The number of carboxylic acid groups (broad SMARTS) is 1. The van der Waals surface area contributed by atoms with Gasteiger partial charge in [0, 0.05) is 19.2 Å².